The minimum atomic E-state index is 0.130. The van der Waals surface area contributed by atoms with Crippen molar-refractivity contribution in [1.82, 2.24) is 15.5 Å². The number of rotatable bonds is 4. The average Bonchev–Trinajstić information content (AvgIpc) is 2.30. The van der Waals surface area contributed by atoms with Gasteiger partial charge in [-0.05, 0) is 32.7 Å². The summed E-state index contributed by atoms with van der Waals surface area (Å²) in [5.41, 5.74) is 0. The molecule has 0 radical (unpaired) electrons. The molecule has 0 aromatic carbocycles. The molecule has 17 heavy (non-hydrogen) atoms. The molecular formula is C13H25N3O. The first-order chi connectivity index (χ1) is 8.20. The molecule has 0 aliphatic carbocycles. The lowest BCUT2D eigenvalue weighted by molar-refractivity contribution is -0.120. The fourth-order valence-electron chi connectivity index (χ4n) is 3.30. The maximum absolute atomic E-state index is 11.1. The summed E-state index contributed by atoms with van der Waals surface area (Å²) in [4.78, 5) is 13.7. The van der Waals surface area contributed by atoms with Gasteiger partial charge in [0.1, 0.15) is 0 Å². The van der Waals surface area contributed by atoms with Crippen LogP contribution < -0.4 is 10.6 Å². The molecular weight excluding hydrogens is 214 g/mol. The predicted molar refractivity (Wildman–Crippen MR) is 68.9 cm³/mol. The van der Waals surface area contributed by atoms with Gasteiger partial charge in [0.05, 0.1) is 0 Å². The van der Waals surface area contributed by atoms with Gasteiger partial charge in [0, 0.05) is 38.1 Å². The van der Waals surface area contributed by atoms with Gasteiger partial charge in [0.2, 0.25) is 5.91 Å². The molecule has 2 fully saturated rings. The van der Waals surface area contributed by atoms with Crippen LogP contribution in [0, 0.1) is 0 Å². The molecule has 2 aliphatic rings. The Bertz CT molecular complexity index is 255. The molecule has 2 aliphatic heterocycles. The molecule has 2 saturated heterocycles. The van der Waals surface area contributed by atoms with Crippen LogP contribution in [0.5, 0.6) is 0 Å². The largest absolute Gasteiger partial charge is 0.359 e. The van der Waals surface area contributed by atoms with E-state index in [0.717, 1.165) is 18.6 Å². The molecule has 4 heteroatoms. The molecule has 4 nitrogen and oxygen atoms in total. The third-order valence-electron chi connectivity index (χ3n) is 4.40. The van der Waals surface area contributed by atoms with E-state index in [9.17, 15) is 4.79 Å². The Balaban J connectivity index is 1.74. The lowest BCUT2D eigenvalue weighted by atomic mass is 9.82. The van der Waals surface area contributed by atoms with Crippen LogP contribution in [0.15, 0.2) is 0 Å². The summed E-state index contributed by atoms with van der Waals surface area (Å²) in [7, 11) is 3.97. The molecule has 98 valence electrons. The van der Waals surface area contributed by atoms with Gasteiger partial charge >= 0.3 is 0 Å². The van der Waals surface area contributed by atoms with Crippen molar-refractivity contribution in [3.63, 3.8) is 0 Å². The zero-order valence-electron chi connectivity index (χ0n) is 11.0. The van der Waals surface area contributed by atoms with Crippen LogP contribution in [0.4, 0.5) is 0 Å². The van der Waals surface area contributed by atoms with Gasteiger partial charge in [0.15, 0.2) is 0 Å². The lowest BCUT2D eigenvalue weighted by Crippen LogP contribution is -2.54. The lowest BCUT2D eigenvalue weighted by Gasteiger charge is -2.47. The highest BCUT2D eigenvalue weighted by Crippen LogP contribution is 2.32. The van der Waals surface area contributed by atoms with Gasteiger partial charge in [-0.25, -0.2) is 0 Å². The first kappa shape index (κ1) is 12.8. The standard InChI is InChI=1S/C13H25N3O/c1-14-13(17)6-7-15-10-8-11-4-3-5-12(9-10)16(11)2/h10-12,15H,3-9H2,1-2H3,(H,14,17). The van der Waals surface area contributed by atoms with Crippen molar-refractivity contribution in [3.8, 4) is 0 Å². The molecule has 0 aromatic rings. The summed E-state index contributed by atoms with van der Waals surface area (Å²) >= 11 is 0. The van der Waals surface area contributed by atoms with E-state index in [1.165, 1.54) is 32.1 Å². The highest BCUT2D eigenvalue weighted by Gasteiger charge is 2.35. The van der Waals surface area contributed by atoms with Crippen molar-refractivity contribution in [1.29, 1.82) is 0 Å². The zero-order chi connectivity index (χ0) is 12.3. The fraction of sp³-hybridized carbons (Fsp3) is 0.923. The number of amides is 1. The number of nitrogens with zero attached hydrogens (tertiary/aromatic N) is 1. The second-order valence-corrected chi connectivity index (χ2v) is 5.45. The number of fused-ring (bicyclic) bond motifs is 2. The monoisotopic (exact) mass is 239 g/mol. The third-order valence-corrected chi connectivity index (χ3v) is 4.40. The summed E-state index contributed by atoms with van der Waals surface area (Å²) in [5, 5.41) is 6.21. The first-order valence-corrected chi connectivity index (χ1v) is 6.86. The van der Waals surface area contributed by atoms with Crippen LogP contribution in [0.25, 0.3) is 0 Å². The van der Waals surface area contributed by atoms with Crippen LogP contribution >= 0.6 is 0 Å². The number of hydrogen-bond acceptors (Lipinski definition) is 3. The number of carbonyl (C=O) groups is 1. The van der Waals surface area contributed by atoms with Crippen LogP contribution in [0.1, 0.15) is 38.5 Å². The topological polar surface area (TPSA) is 44.4 Å². The normalized spacial score (nSPS) is 33.4. The minimum absolute atomic E-state index is 0.130. The predicted octanol–water partition coefficient (Wildman–Crippen LogP) is 0.727. The van der Waals surface area contributed by atoms with E-state index >= 15 is 0 Å². The maximum atomic E-state index is 11.1. The molecule has 2 bridgehead atoms. The number of piperidine rings is 2. The van der Waals surface area contributed by atoms with Crippen LogP contribution in [0.2, 0.25) is 0 Å². The van der Waals surface area contributed by atoms with Gasteiger partial charge < -0.3 is 15.5 Å². The second kappa shape index (κ2) is 5.83. The third kappa shape index (κ3) is 3.19. The summed E-state index contributed by atoms with van der Waals surface area (Å²) in [5.74, 6) is 0.130. The Morgan fingerprint density at radius 3 is 2.53 bits per heavy atom. The SMILES string of the molecule is CNC(=O)CCNC1CC2CCCC(C1)N2C. The summed E-state index contributed by atoms with van der Waals surface area (Å²) in [6.07, 6.45) is 7.19. The zero-order valence-corrected chi connectivity index (χ0v) is 11.0. The van der Waals surface area contributed by atoms with E-state index in [1.807, 2.05) is 0 Å². The molecule has 2 unspecified atom stereocenters. The summed E-state index contributed by atoms with van der Waals surface area (Å²) < 4.78 is 0. The average molecular weight is 239 g/mol. The summed E-state index contributed by atoms with van der Waals surface area (Å²) in [6, 6.07) is 2.14. The van der Waals surface area contributed by atoms with Crippen molar-refractivity contribution >= 4 is 5.91 Å². The number of hydrogen-bond donors (Lipinski definition) is 2. The van der Waals surface area contributed by atoms with Crippen molar-refractivity contribution in [2.75, 3.05) is 20.6 Å². The van der Waals surface area contributed by atoms with Crippen molar-refractivity contribution < 1.29 is 4.79 Å². The Hall–Kier alpha value is -0.610. The van der Waals surface area contributed by atoms with Gasteiger partial charge in [0.25, 0.3) is 0 Å². The first-order valence-electron chi connectivity index (χ1n) is 6.86. The molecule has 0 aromatic heterocycles. The van der Waals surface area contributed by atoms with Gasteiger partial charge in [-0.15, -0.1) is 0 Å². The number of carbonyl (C=O) groups excluding carboxylic acids is 1. The summed E-state index contributed by atoms with van der Waals surface area (Å²) in [6.45, 7) is 0.813. The Morgan fingerprint density at radius 1 is 1.29 bits per heavy atom. The maximum Gasteiger partial charge on any atom is 0.221 e. The van der Waals surface area contributed by atoms with Crippen molar-refractivity contribution in [3.05, 3.63) is 0 Å². The molecule has 2 rings (SSSR count). The van der Waals surface area contributed by atoms with E-state index in [4.69, 9.17) is 0 Å². The molecule has 1 amide bonds. The van der Waals surface area contributed by atoms with Gasteiger partial charge in [-0.1, -0.05) is 6.42 Å². The molecule has 0 spiro atoms. The Morgan fingerprint density at radius 2 is 1.94 bits per heavy atom. The van der Waals surface area contributed by atoms with Crippen LogP contribution in [0.3, 0.4) is 0 Å². The van der Waals surface area contributed by atoms with E-state index in [-0.39, 0.29) is 5.91 Å². The van der Waals surface area contributed by atoms with E-state index in [1.54, 1.807) is 7.05 Å². The second-order valence-electron chi connectivity index (χ2n) is 5.45. The molecule has 2 atom stereocenters. The Labute approximate surface area is 104 Å². The van der Waals surface area contributed by atoms with Gasteiger partial charge in [-0.3, -0.25) is 4.79 Å². The van der Waals surface area contributed by atoms with Crippen LogP contribution in [-0.2, 0) is 4.79 Å². The smallest absolute Gasteiger partial charge is 0.221 e. The van der Waals surface area contributed by atoms with Crippen LogP contribution in [-0.4, -0.2) is 49.6 Å². The van der Waals surface area contributed by atoms with E-state index in [2.05, 4.69) is 22.6 Å². The molecule has 2 N–H and O–H groups in total. The van der Waals surface area contributed by atoms with E-state index in [0.29, 0.717) is 12.5 Å². The minimum Gasteiger partial charge on any atom is -0.359 e. The highest BCUT2D eigenvalue weighted by molar-refractivity contribution is 5.75. The fourth-order valence-corrected chi connectivity index (χ4v) is 3.30. The quantitative estimate of drug-likeness (QED) is 0.760. The Kier molecular flexibility index (Phi) is 4.40. The molecule has 0 saturated carbocycles. The van der Waals surface area contributed by atoms with E-state index < -0.39 is 0 Å². The highest BCUT2D eigenvalue weighted by atomic mass is 16.1. The van der Waals surface area contributed by atoms with Crippen molar-refractivity contribution in [2.24, 2.45) is 0 Å². The van der Waals surface area contributed by atoms with Crippen molar-refractivity contribution in [2.45, 2.75) is 56.7 Å². The molecule has 2 heterocycles. The number of nitrogens with one attached hydrogen (secondary N) is 2. The van der Waals surface area contributed by atoms with Gasteiger partial charge in [-0.2, -0.15) is 0 Å².